The maximum Gasteiger partial charge on any atom is 0.0478 e. The normalized spacial score (nSPS) is 14.8. The van der Waals surface area contributed by atoms with E-state index in [1.807, 2.05) is 0 Å². The molecular formula is C17H27NO. The van der Waals surface area contributed by atoms with E-state index in [4.69, 9.17) is 4.74 Å². The molecule has 1 fully saturated rings. The van der Waals surface area contributed by atoms with Gasteiger partial charge in [0.25, 0.3) is 0 Å². The molecule has 1 N–H and O–H groups in total. The van der Waals surface area contributed by atoms with Gasteiger partial charge in [0.2, 0.25) is 0 Å². The Morgan fingerprint density at radius 2 is 2.05 bits per heavy atom. The second kappa shape index (κ2) is 8.34. The molecule has 106 valence electrons. The summed E-state index contributed by atoms with van der Waals surface area (Å²) in [4.78, 5) is 0. The Morgan fingerprint density at radius 1 is 1.21 bits per heavy atom. The lowest BCUT2D eigenvalue weighted by molar-refractivity contribution is 0.129. The fourth-order valence-corrected chi connectivity index (χ4v) is 2.25. The van der Waals surface area contributed by atoms with Gasteiger partial charge in [0.15, 0.2) is 0 Å². The first-order valence-electron chi connectivity index (χ1n) is 7.77. The van der Waals surface area contributed by atoms with Gasteiger partial charge in [0, 0.05) is 19.8 Å². The number of rotatable bonds is 10. The monoisotopic (exact) mass is 261 g/mol. The van der Waals surface area contributed by atoms with Crippen LogP contribution in [-0.4, -0.2) is 19.8 Å². The number of unbranched alkanes of at least 4 members (excludes halogenated alkanes) is 1. The average Bonchev–Trinajstić information content (AvgIpc) is 3.27. The third kappa shape index (κ3) is 5.75. The first-order valence-corrected chi connectivity index (χ1v) is 7.77. The fourth-order valence-electron chi connectivity index (χ4n) is 2.25. The summed E-state index contributed by atoms with van der Waals surface area (Å²) in [6.07, 6.45) is 6.26. The smallest absolute Gasteiger partial charge is 0.0478 e. The van der Waals surface area contributed by atoms with Crippen LogP contribution in [-0.2, 0) is 11.3 Å². The van der Waals surface area contributed by atoms with Crippen molar-refractivity contribution < 1.29 is 4.74 Å². The topological polar surface area (TPSA) is 21.3 Å². The van der Waals surface area contributed by atoms with E-state index in [2.05, 4.69) is 36.5 Å². The number of hydrogen-bond donors (Lipinski definition) is 1. The molecule has 1 aliphatic rings. The molecule has 0 atom stereocenters. The molecule has 0 amide bonds. The van der Waals surface area contributed by atoms with Crippen molar-refractivity contribution in [2.24, 2.45) is 0 Å². The van der Waals surface area contributed by atoms with E-state index < -0.39 is 0 Å². The van der Waals surface area contributed by atoms with Gasteiger partial charge in [-0.1, -0.05) is 37.6 Å². The third-order valence-corrected chi connectivity index (χ3v) is 3.61. The molecule has 0 radical (unpaired) electrons. The minimum Gasteiger partial charge on any atom is -0.381 e. The Kier molecular flexibility index (Phi) is 6.38. The predicted molar refractivity (Wildman–Crippen MR) is 80.5 cm³/mol. The lowest BCUT2D eigenvalue weighted by Gasteiger charge is -2.07. The minimum atomic E-state index is 0.854. The van der Waals surface area contributed by atoms with E-state index in [0.29, 0.717) is 0 Å². The summed E-state index contributed by atoms with van der Waals surface area (Å²) < 4.78 is 5.55. The van der Waals surface area contributed by atoms with Gasteiger partial charge < -0.3 is 10.1 Å². The van der Waals surface area contributed by atoms with Crippen LogP contribution in [0.2, 0.25) is 0 Å². The number of ether oxygens (including phenoxy) is 1. The zero-order valence-corrected chi connectivity index (χ0v) is 12.2. The van der Waals surface area contributed by atoms with E-state index in [1.54, 1.807) is 0 Å². The van der Waals surface area contributed by atoms with Gasteiger partial charge in [-0.3, -0.25) is 0 Å². The highest BCUT2D eigenvalue weighted by Gasteiger charge is 2.23. The summed E-state index contributed by atoms with van der Waals surface area (Å²) in [5.41, 5.74) is 2.94. The van der Waals surface area contributed by atoms with Gasteiger partial charge >= 0.3 is 0 Å². The zero-order valence-electron chi connectivity index (χ0n) is 12.2. The Balaban J connectivity index is 1.54. The summed E-state index contributed by atoms with van der Waals surface area (Å²) in [5.74, 6) is 0.854. The molecule has 19 heavy (non-hydrogen) atoms. The van der Waals surface area contributed by atoms with Crippen molar-refractivity contribution in [2.45, 2.75) is 51.5 Å². The van der Waals surface area contributed by atoms with Crippen LogP contribution in [0.25, 0.3) is 0 Å². The highest BCUT2D eigenvalue weighted by molar-refractivity contribution is 5.29. The van der Waals surface area contributed by atoms with Crippen molar-refractivity contribution >= 4 is 0 Å². The molecule has 2 heteroatoms. The quantitative estimate of drug-likeness (QED) is 0.646. The maximum atomic E-state index is 5.55. The highest BCUT2D eigenvalue weighted by atomic mass is 16.5. The molecule has 1 aromatic carbocycles. The van der Waals surface area contributed by atoms with Crippen molar-refractivity contribution in [1.29, 1.82) is 0 Å². The maximum absolute atomic E-state index is 5.55. The number of nitrogens with one attached hydrogen (secondary N) is 1. The van der Waals surface area contributed by atoms with Gasteiger partial charge in [-0.05, 0) is 49.3 Å². The van der Waals surface area contributed by atoms with Crippen LogP contribution in [0.3, 0.4) is 0 Å². The number of benzene rings is 1. The third-order valence-electron chi connectivity index (χ3n) is 3.61. The zero-order chi connectivity index (χ0) is 13.3. The highest BCUT2D eigenvalue weighted by Crippen LogP contribution is 2.40. The lowest BCUT2D eigenvalue weighted by atomic mass is 10.1. The van der Waals surface area contributed by atoms with Gasteiger partial charge in [-0.2, -0.15) is 0 Å². The standard InChI is InChI=1S/C17H27NO/c1-2-3-11-19-12-5-10-18-14-15-6-4-7-17(13-15)16-8-9-16/h4,6-7,13,16,18H,2-3,5,8-12,14H2,1H3. The predicted octanol–water partition coefficient (Wildman–Crippen LogP) is 3.86. The fraction of sp³-hybridized carbons (Fsp3) is 0.647. The molecule has 0 bridgehead atoms. The van der Waals surface area contributed by atoms with E-state index in [0.717, 1.165) is 38.6 Å². The first kappa shape index (κ1) is 14.5. The van der Waals surface area contributed by atoms with E-state index >= 15 is 0 Å². The van der Waals surface area contributed by atoms with E-state index in [1.165, 1.54) is 36.8 Å². The van der Waals surface area contributed by atoms with Crippen LogP contribution in [0, 0.1) is 0 Å². The SMILES string of the molecule is CCCCOCCCNCc1cccc(C2CC2)c1. The Morgan fingerprint density at radius 3 is 2.84 bits per heavy atom. The minimum absolute atomic E-state index is 0.854. The summed E-state index contributed by atoms with van der Waals surface area (Å²) in [7, 11) is 0. The molecule has 0 saturated heterocycles. The van der Waals surface area contributed by atoms with Crippen molar-refractivity contribution in [2.75, 3.05) is 19.8 Å². The lowest BCUT2D eigenvalue weighted by Crippen LogP contribution is -2.16. The summed E-state index contributed by atoms with van der Waals surface area (Å²) in [5, 5.41) is 3.50. The van der Waals surface area contributed by atoms with Crippen LogP contribution in [0.15, 0.2) is 24.3 Å². The van der Waals surface area contributed by atoms with Gasteiger partial charge in [-0.25, -0.2) is 0 Å². The molecular weight excluding hydrogens is 234 g/mol. The van der Waals surface area contributed by atoms with Gasteiger partial charge in [-0.15, -0.1) is 0 Å². The van der Waals surface area contributed by atoms with Gasteiger partial charge in [0.1, 0.15) is 0 Å². The second-order valence-electron chi connectivity index (χ2n) is 5.52. The number of hydrogen-bond acceptors (Lipinski definition) is 2. The summed E-state index contributed by atoms with van der Waals surface area (Å²) in [6.45, 7) is 6.02. The summed E-state index contributed by atoms with van der Waals surface area (Å²) >= 11 is 0. The Bertz CT molecular complexity index is 360. The average molecular weight is 261 g/mol. The Labute approximate surface area is 117 Å². The first-order chi connectivity index (χ1) is 9.40. The van der Waals surface area contributed by atoms with Crippen LogP contribution in [0.5, 0.6) is 0 Å². The summed E-state index contributed by atoms with van der Waals surface area (Å²) in [6, 6.07) is 9.04. The van der Waals surface area contributed by atoms with Crippen LogP contribution in [0.4, 0.5) is 0 Å². The van der Waals surface area contributed by atoms with Crippen molar-refractivity contribution in [3.8, 4) is 0 Å². The van der Waals surface area contributed by atoms with Crippen molar-refractivity contribution in [3.05, 3.63) is 35.4 Å². The molecule has 0 aromatic heterocycles. The molecule has 1 aromatic rings. The largest absolute Gasteiger partial charge is 0.381 e. The molecule has 0 heterocycles. The molecule has 1 aliphatic carbocycles. The molecule has 1 saturated carbocycles. The van der Waals surface area contributed by atoms with Crippen LogP contribution >= 0.6 is 0 Å². The molecule has 0 aliphatic heterocycles. The molecule has 2 nitrogen and oxygen atoms in total. The molecule has 0 spiro atoms. The van der Waals surface area contributed by atoms with Crippen molar-refractivity contribution in [3.63, 3.8) is 0 Å². The second-order valence-corrected chi connectivity index (χ2v) is 5.52. The van der Waals surface area contributed by atoms with Crippen molar-refractivity contribution in [1.82, 2.24) is 5.32 Å². The van der Waals surface area contributed by atoms with Crippen LogP contribution in [0.1, 0.15) is 56.1 Å². The van der Waals surface area contributed by atoms with E-state index in [9.17, 15) is 0 Å². The Hall–Kier alpha value is -0.860. The van der Waals surface area contributed by atoms with E-state index in [-0.39, 0.29) is 0 Å². The van der Waals surface area contributed by atoms with Crippen LogP contribution < -0.4 is 5.32 Å². The molecule has 0 unspecified atom stereocenters. The van der Waals surface area contributed by atoms with Gasteiger partial charge in [0.05, 0.1) is 0 Å². The molecule has 2 rings (SSSR count).